The second-order valence-corrected chi connectivity index (χ2v) is 10.3. The van der Waals surface area contributed by atoms with Crippen LogP contribution in [0.2, 0.25) is 5.02 Å². The van der Waals surface area contributed by atoms with Gasteiger partial charge in [-0.15, -0.1) is 11.3 Å². The fourth-order valence-corrected chi connectivity index (χ4v) is 5.18. The molecule has 0 bridgehead atoms. The third kappa shape index (κ3) is 4.76. The summed E-state index contributed by atoms with van der Waals surface area (Å²) in [5, 5.41) is 11.3. The Morgan fingerprint density at radius 3 is 2.82 bits per heavy atom. The molecule has 0 aliphatic carbocycles. The predicted octanol–water partition coefficient (Wildman–Crippen LogP) is 4.15. The summed E-state index contributed by atoms with van der Waals surface area (Å²) in [5.74, 6) is -0.300. The van der Waals surface area contributed by atoms with Crippen molar-refractivity contribution >= 4 is 56.1 Å². The molecule has 1 aromatic heterocycles. The number of rotatable bonds is 3. The topological polar surface area (TPSA) is 63.3 Å². The van der Waals surface area contributed by atoms with Crippen LogP contribution in [0.25, 0.3) is 0 Å². The van der Waals surface area contributed by atoms with E-state index in [0.717, 1.165) is 30.0 Å². The zero-order valence-corrected chi connectivity index (χ0v) is 19.4. The number of halogens is 2. The first kappa shape index (κ1) is 21.3. The Balaban J connectivity index is 2.04. The van der Waals surface area contributed by atoms with Gasteiger partial charge in [-0.1, -0.05) is 11.6 Å². The highest BCUT2D eigenvalue weighted by molar-refractivity contribution is 9.10. The van der Waals surface area contributed by atoms with Crippen molar-refractivity contribution in [2.75, 3.05) is 13.6 Å². The van der Waals surface area contributed by atoms with Gasteiger partial charge >= 0.3 is 5.97 Å². The summed E-state index contributed by atoms with van der Waals surface area (Å²) >= 11 is 10.9. The van der Waals surface area contributed by atoms with Crippen LogP contribution in [0, 0.1) is 0 Å². The molecule has 8 heteroatoms. The Labute approximate surface area is 182 Å². The number of esters is 1. The van der Waals surface area contributed by atoms with Gasteiger partial charge in [0.15, 0.2) is 0 Å². The summed E-state index contributed by atoms with van der Waals surface area (Å²) in [4.78, 5) is 20.0. The van der Waals surface area contributed by atoms with Gasteiger partial charge in [-0.25, -0.2) is 9.79 Å². The first-order valence-corrected chi connectivity index (χ1v) is 10.9. The molecule has 0 spiro atoms. The second kappa shape index (κ2) is 8.14. The largest absolute Gasteiger partial charge is 0.506 e. The van der Waals surface area contributed by atoms with E-state index in [9.17, 15) is 9.90 Å². The van der Waals surface area contributed by atoms with Crippen molar-refractivity contribution in [2.45, 2.75) is 39.3 Å². The van der Waals surface area contributed by atoms with E-state index < -0.39 is 5.60 Å². The average molecular weight is 487 g/mol. The van der Waals surface area contributed by atoms with Crippen molar-refractivity contribution < 1.29 is 19.5 Å². The fourth-order valence-electron chi connectivity index (χ4n) is 3.05. The normalized spacial score (nSPS) is 17.0. The maximum Gasteiger partial charge on any atom is 0.342 e. The third-order valence-corrected chi connectivity index (χ3v) is 6.28. The summed E-state index contributed by atoms with van der Waals surface area (Å²) in [6, 6.07) is 3.24. The van der Waals surface area contributed by atoms with Gasteiger partial charge in [-0.3, -0.25) is 0 Å². The van der Waals surface area contributed by atoms with Crippen LogP contribution in [0.1, 0.15) is 47.1 Å². The number of phenolic OH excluding ortho intramolecular Hbond substituents is 1. The molecule has 1 aromatic carbocycles. The average Bonchev–Trinajstić information content (AvgIpc) is 2.92. The highest BCUT2D eigenvalue weighted by Gasteiger charge is 2.31. The molecule has 0 saturated heterocycles. The standard InChI is InChI=1S/C20H22BrClN2O3S/c1-20(2,3)27-19(26)16-13-5-6-24(4)10-15(13)28-18(16)23-9-11-7-12(22)8-14(21)17(11)25/h7-9,25H,5-6,10H2,1-4H3/p+1/b23-9+. The number of quaternary nitrogens is 1. The highest BCUT2D eigenvalue weighted by Crippen LogP contribution is 2.38. The first-order chi connectivity index (χ1) is 13.0. The maximum absolute atomic E-state index is 12.9. The number of aromatic hydroxyl groups is 1. The van der Waals surface area contributed by atoms with Crippen molar-refractivity contribution in [2.24, 2.45) is 4.99 Å². The zero-order chi connectivity index (χ0) is 20.6. The SMILES string of the molecule is C[NH+]1CCc2c(sc(/N=C/c3cc(Cl)cc(Br)c3O)c2C(=O)OC(C)(C)C)C1. The van der Waals surface area contributed by atoms with E-state index in [0.29, 0.717) is 25.6 Å². The number of carbonyl (C=O) groups excluding carboxylic acids is 1. The van der Waals surface area contributed by atoms with Crippen molar-refractivity contribution in [1.82, 2.24) is 0 Å². The van der Waals surface area contributed by atoms with E-state index in [1.54, 1.807) is 12.1 Å². The molecule has 1 unspecified atom stereocenters. The van der Waals surface area contributed by atoms with Crippen molar-refractivity contribution in [3.05, 3.63) is 43.2 Å². The summed E-state index contributed by atoms with van der Waals surface area (Å²) in [6.07, 6.45) is 2.35. The van der Waals surface area contributed by atoms with E-state index in [-0.39, 0.29) is 11.7 Å². The Morgan fingerprint density at radius 2 is 2.14 bits per heavy atom. The molecule has 0 radical (unpaired) electrons. The number of hydrogen-bond acceptors (Lipinski definition) is 5. The van der Waals surface area contributed by atoms with Gasteiger partial charge in [-0.2, -0.15) is 0 Å². The van der Waals surface area contributed by atoms with Crippen LogP contribution in [0.4, 0.5) is 5.00 Å². The minimum absolute atomic E-state index is 0.0532. The van der Waals surface area contributed by atoms with Gasteiger partial charge in [-0.05, 0) is 54.4 Å². The van der Waals surface area contributed by atoms with E-state index in [1.165, 1.54) is 22.5 Å². The van der Waals surface area contributed by atoms with Crippen LogP contribution in [0.5, 0.6) is 5.75 Å². The monoisotopic (exact) mass is 485 g/mol. The number of fused-ring (bicyclic) bond motifs is 1. The first-order valence-electron chi connectivity index (χ1n) is 8.96. The number of hydrogen-bond donors (Lipinski definition) is 2. The summed E-state index contributed by atoms with van der Waals surface area (Å²) in [5.41, 5.74) is 1.47. The molecule has 1 aliphatic rings. The molecule has 5 nitrogen and oxygen atoms in total. The molecular formula is C20H23BrClN2O3S+. The van der Waals surface area contributed by atoms with Crippen LogP contribution in [-0.2, 0) is 17.7 Å². The lowest BCUT2D eigenvalue weighted by molar-refractivity contribution is -0.895. The highest BCUT2D eigenvalue weighted by atomic mass is 79.9. The van der Waals surface area contributed by atoms with Crippen LogP contribution >= 0.6 is 38.9 Å². The molecule has 2 heterocycles. The molecule has 28 heavy (non-hydrogen) atoms. The Hall–Kier alpha value is -1.41. The second-order valence-electron chi connectivity index (χ2n) is 7.90. The van der Waals surface area contributed by atoms with E-state index in [2.05, 4.69) is 28.0 Å². The summed E-state index contributed by atoms with van der Waals surface area (Å²) in [6.45, 7) is 7.38. The van der Waals surface area contributed by atoms with Crippen molar-refractivity contribution in [3.63, 3.8) is 0 Å². The predicted molar refractivity (Wildman–Crippen MR) is 117 cm³/mol. The summed E-state index contributed by atoms with van der Waals surface area (Å²) < 4.78 is 6.13. The van der Waals surface area contributed by atoms with Gasteiger partial charge in [0.05, 0.1) is 22.9 Å². The minimum Gasteiger partial charge on any atom is -0.506 e. The molecule has 1 atom stereocenters. The quantitative estimate of drug-likeness (QED) is 0.506. The van der Waals surface area contributed by atoms with Crippen molar-refractivity contribution in [1.29, 1.82) is 0 Å². The molecule has 3 rings (SSSR count). The Bertz CT molecular complexity index is 950. The number of nitrogens with zero attached hydrogens (tertiary/aromatic N) is 1. The maximum atomic E-state index is 12.9. The number of aliphatic imine (C=N–C) groups is 1. The lowest BCUT2D eigenvalue weighted by Gasteiger charge is -2.22. The number of phenols is 1. The molecule has 0 fully saturated rings. The van der Waals surface area contributed by atoms with Crippen LogP contribution in [0.15, 0.2) is 21.6 Å². The molecular weight excluding hydrogens is 464 g/mol. The van der Waals surface area contributed by atoms with Gasteiger partial charge in [0.25, 0.3) is 0 Å². The molecule has 0 saturated carbocycles. The van der Waals surface area contributed by atoms with Gasteiger partial charge in [0.2, 0.25) is 0 Å². The molecule has 0 amide bonds. The number of likely N-dealkylation sites (N-methyl/N-ethyl adjacent to an activating group) is 1. The number of benzene rings is 1. The van der Waals surface area contributed by atoms with Crippen LogP contribution in [-0.4, -0.2) is 36.5 Å². The van der Waals surface area contributed by atoms with Crippen LogP contribution < -0.4 is 4.90 Å². The number of carbonyl (C=O) groups is 1. The number of nitrogens with one attached hydrogen (secondary N) is 1. The van der Waals surface area contributed by atoms with Crippen LogP contribution in [0.3, 0.4) is 0 Å². The Kier molecular flexibility index (Phi) is 6.20. The zero-order valence-electron chi connectivity index (χ0n) is 16.2. The molecule has 2 aromatic rings. The van der Waals surface area contributed by atoms with Gasteiger partial charge < -0.3 is 14.7 Å². The van der Waals surface area contributed by atoms with E-state index in [4.69, 9.17) is 16.3 Å². The lowest BCUT2D eigenvalue weighted by Crippen LogP contribution is -3.08. The van der Waals surface area contributed by atoms with Gasteiger partial charge in [0.1, 0.15) is 28.5 Å². The smallest absolute Gasteiger partial charge is 0.342 e. The van der Waals surface area contributed by atoms with Gasteiger partial charge in [0, 0.05) is 23.2 Å². The molecule has 1 aliphatic heterocycles. The molecule has 150 valence electrons. The number of thiophene rings is 1. The molecule has 2 N–H and O–H groups in total. The lowest BCUT2D eigenvalue weighted by atomic mass is 10.0. The summed E-state index contributed by atoms with van der Waals surface area (Å²) in [7, 11) is 2.14. The minimum atomic E-state index is -0.584. The van der Waals surface area contributed by atoms with Crippen molar-refractivity contribution in [3.8, 4) is 5.75 Å². The van der Waals surface area contributed by atoms with E-state index >= 15 is 0 Å². The number of ether oxygens (including phenoxy) is 1. The Morgan fingerprint density at radius 1 is 1.43 bits per heavy atom. The third-order valence-electron chi connectivity index (χ3n) is 4.32. The fraction of sp³-hybridized carbons (Fsp3) is 0.400. The van der Waals surface area contributed by atoms with E-state index in [1.807, 2.05) is 20.8 Å².